The molecule has 0 radical (unpaired) electrons. The summed E-state index contributed by atoms with van der Waals surface area (Å²) in [5.41, 5.74) is 7.91. The number of nitrogens with one attached hydrogen (secondary N) is 1. The Kier molecular flexibility index (Phi) is 3.79. The van der Waals surface area contributed by atoms with Crippen molar-refractivity contribution in [2.24, 2.45) is 0 Å². The number of hydrogen-bond acceptors (Lipinski definition) is 3. The van der Waals surface area contributed by atoms with Crippen molar-refractivity contribution in [3.05, 3.63) is 47.3 Å². The Hall–Kier alpha value is -1.65. The van der Waals surface area contributed by atoms with Crippen molar-refractivity contribution in [2.75, 3.05) is 14.1 Å². The summed E-state index contributed by atoms with van der Waals surface area (Å²) in [6.45, 7) is 4.97. The number of nitrogens with zero attached hydrogens (tertiary/aromatic N) is 3. The van der Waals surface area contributed by atoms with Crippen molar-refractivity contribution in [3.63, 3.8) is 0 Å². The summed E-state index contributed by atoms with van der Waals surface area (Å²) in [5.74, 6) is 0. The number of hydrogen-bond donors (Lipinski definition) is 1. The Morgan fingerprint density at radius 3 is 2.44 bits per heavy atom. The summed E-state index contributed by atoms with van der Waals surface area (Å²) in [7, 11) is 3.98. The van der Waals surface area contributed by atoms with Gasteiger partial charge in [0.2, 0.25) is 0 Å². The van der Waals surface area contributed by atoms with Crippen LogP contribution in [0.5, 0.6) is 0 Å². The second kappa shape index (κ2) is 5.33. The zero-order chi connectivity index (χ0) is 13.1. The molecule has 0 aliphatic carbocycles. The van der Waals surface area contributed by atoms with Gasteiger partial charge in [0.25, 0.3) is 0 Å². The zero-order valence-corrected chi connectivity index (χ0v) is 11.4. The molecule has 0 saturated carbocycles. The lowest BCUT2D eigenvalue weighted by Gasteiger charge is -2.12. The highest BCUT2D eigenvalue weighted by Gasteiger charge is 2.12. The largest absolute Gasteiger partial charge is 0.251 e. The van der Waals surface area contributed by atoms with Gasteiger partial charge in [0, 0.05) is 31.9 Å². The van der Waals surface area contributed by atoms with E-state index in [-0.39, 0.29) is 0 Å². The van der Waals surface area contributed by atoms with Crippen LogP contribution in [0.4, 0.5) is 0 Å². The highest BCUT2D eigenvalue weighted by molar-refractivity contribution is 5.36. The van der Waals surface area contributed by atoms with Gasteiger partial charge < -0.3 is 0 Å². The number of hydrazine groups is 1. The smallest absolute Gasteiger partial charge is 0.0648 e. The first-order valence-corrected chi connectivity index (χ1v) is 6.11. The Morgan fingerprint density at radius 2 is 1.83 bits per heavy atom. The van der Waals surface area contributed by atoms with Gasteiger partial charge in [0.05, 0.1) is 11.4 Å². The molecular formula is C14H20N4. The van der Waals surface area contributed by atoms with E-state index >= 15 is 0 Å². The van der Waals surface area contributed by atoms with Gasteiger partial charge in [-0.1, -0.05) is 18.2 Å². The first-order chi connectivity index (χ1) is 8.59. The number of aryl methyl sites for hydroxylation is 1. The van der Waals surface area contributed by atoms with Crippen molar-refractivity contribution in [1.82, 2.24) is 20.2 Å². The average molecular weight is 244 g/mol. The van der Waals surface area contributed by atoms with Gasteiger partial charge >= 0.3 is 0 Å². The molecular weight excluding hydrogens is 224 g/mol. The quantitative estimate of drug-likeness (QED) is 0.836. The van der Waals surface area contributed by atoms with Gasteiger partial charge in [0.1, 0.15) is 0 Å². The Labute approximate surface area is 108 Å². The summed E-state index contributed by atoms with van der Waals surface area (Å²) in [4.78, 5) is 0. The van der Waals surface area contributed by atoms with Crippen molar-refractivity contribution < 1.29 is 0 Å². The first-order valence-electron chi connectivity index (χ1n) is 6.11. The SMILES string of the molecule is Cc1nn(-c2ccccc2)c(C)c1CNN(C)C. The van der Waals surface area contributed by atoms with E-state index in [2.05, 4.69) is 36.5 Å². The number of para-hydroxylation sites is 1. The standard InChI is InChI=1S/C14H20N4/c1-11-14(10-15-17(3)4)12(2)18(16-11)13-8-6-5-7-9-13/h5-9,15H,10H2,1-4H3. The van der Waals surface area contributed by atoms with Crippen LogP contribution < -0.4 is 5.43 Å². The Morgan fingerprint density at radius 1 is 1.17 bits per heavy atom. The van der Waals surface area contributed by atoms with Crippen molar-refractivity contribution >= 4 is 0 Å². The van der Waals surface area contributed by atoms with Gasteiger partial charge in [-0.05, 0) is 26.0 Å². The number of aromatic nitrogens is 2. The van der Waals surface area contributed by atoms with E-state index in [0.717, 1.165) is 17.9 Å². The predicted molar refractivity (Wildman–Crippen MR) is 73.6 cm³/mol. The monoisotopic (exact) mass is 244 g/mol. The second-order valence-corrected chi connectivity index (χ2v) is 4.63. The predicted octanol–water partition coefficient (Wildman–Crippen LogP) is 2.06. The molecule has 0 spiro atoms. The molecule has 2 aromatic rings. The van der Waals surface area contributed by atoms with Gasteiger partial charge in [-0.3, -0.25) is 10.4 Å². The zero-order valence-electron chi connectivity index (χ0n) is 11.4. The highest BCUT2D eigenvalue weighted by atomic mass is 15.5. The molecule has 0 atom stereocenters. The van der Waals surface area contributed by atoms with Gasteiger partial charge in [0.15, 0.2) is 0 Å². The van der Waals surface area contributed by atoms with Crippen molar-refractivity contribution in [3.8, 4) is 5.69 Å². The molecule has 0 saturated heterocycles. The molecule has 1 aromatic heterocycles. The molecule has 18 heavy (non-hydrogen) atoms. The van der Waals surface area contributed by atoms with Crippen molar-refractivity contribution in [1.29, 1.82) is 0 Å². The topological polar surface area (TPSA) is 33.1 Å². The normalized spacial score (nSPS) is 11.2. The minimum absolute atomic E-state index is 0.803. The highest BCUT2D eigenvalue weighted by Crippen LogP contribution is 2.17. The third kappa shape index (κ3) is 2.60. The Bertz CT molecular complexity index is 514. The Balaban J connectivity index is 2.32. The maximum atomic E-state index is 4.62. The molecule has 96 valence electrons. The minimum atomic E-state index is 0.803. The summed E-state index contributed by atoms with van der Waals surface area (Å²) in [6, 6.07) is 10.2. The first kappa shape index (κ1) is 12.8. The van der Waals surface area contributed by atoms with E-state index in [9.17, 15) is 0 Å². The van der Waals surface area contributed by atoms with Gasteiger partial charge in [-0.15, -0.1) is 0 Å². The molecule has 4 heteroatoms. The van der Waals surface area contributed by atoms with Crippen LogP contribution >= 0.6 is 0 Å². The molecule has 1 aromatic carbocycles. The maximum absolute atomic E-state index is 4.62. The average Bonchev–Trinajstić information content (AvgIpc) is 2.63. The third-order valence-corrected chi connectivity index (χ3v) is 3.01. The molecule has 0 aliphatic heterocycles. The van der Waals surface area contributed by atoms with Crippen LogP contribution in [0.25, 0.3) is 5.69 Å². The van der Waals surface area contributed by atoms with E-state index in [0.29, 0.717) is 0 Å². The summed E-state index contributed by atoms with van der Waals surface area (Å²) >= 11 is 0. The van der Waals surface area contributed by atoms with Crippen LogP contribution in [0.3, 0.4) is 0 Å². The van der Waals surface area contributed by atoms with E-state index in [1.54, 1.807) is 0 Å². The molecule has 4 nitrogen and oxygen atoms in total. The van der Waals surface area contributed by atoms with Crippen molar-refractivity contribution in [2.45, 2.75) is 20.4 Å². The summed E-state index contributed by atoms with van der Waals surface area (Å²) in [6.07, 6.45) is 0. The molecule has 0 unspecified atom stereocenters. The molecule has 1 heterocycles. The molecule has 0 fully saturated rings. The van der Waals surface area contributed by atoms with E-state index < -0.39 is 0 Å². The second-order valence-electron chi connectivity index (χ2n) is 4.63. The van der Waals surface area contributed by atoms with Crippen LogP contribution in [0.2, 0.25) is 0 Å². The summed E-state index contributed by atoms with van der Waals surface area (Å²) < 4.78 is 2.00. The minimum Gasteiger partial charge on any atom is -0.251 e. The van der Waals surface area contributed by atoms with E-state index in [1.807, 2.05) is 42.0 Å². The molecule has 1 N–H and O–H groups in total. The van der Waals surface area contributed by atoms with Gasteiger partial charge in [-0.25, -0.2) is 4.68 Å². The fourth-order valence-corrected chi connectivity index (χ4v) is 1.99. The van der Waals surface area contributed by atoms with Crippen LogP contribution in [0, 0.1) is 13.8 Å². The van der Waals surface area contributed by atoms with E-state index in [4.69, 9.17) is 0 Å². The molecule has 0 amide bonds. The maximum Gasteiger partial charge on any atom is 0.0648 e. The molecule has 0 aliphatic rings. The van der Waals surface area contributed by atoms with Crippen LogP contribution in [0.15, 0.2) is 30.3 Å². The number of rotatable bonds is 4. The molecule has 2 rings (SSSR count). The lowest BCUT2D eigenvalue weighted by molar-refractivity contribution is 0.285. The fourth-order valence-electron chi connectivity index (χ4n) is 1.99. The molecule has 0 bridgehead atoms. The van der Waals surface area contributed by atoms with Gasteiger partial charge in [-0.2, -0.15) is 5.10 Å². The van der Waals surface area contributed by atoms with Crippen LogP contribution in [-0.4, -0.2) is 28.9 Å². The van der Waals surface area contributed by atoms with E-state index in [1.165, 1.54) is 11.3 Å². The third-order valence-electron chi connectivity index (χ3n) is 3.01. The fraction of sp³-hybridized carbons (Fsp3) is 0.357. The lowest BCUT2D eigenvalue weighted by atomic mass is 10.2. The lowest BCUT2D eigenvalue weighted by Crippen LogP contribution is -2.30. The van der Waals surface area contributed by atoms with Crippen LogP contribution in [0.1, 0.15) is 17.0 Å². The number of benzene rings is 1. The summed E-state index contributed by atoms with van der Waals surface area (Å²) in [5, 5.41) is 6.57. The van der Waals surface area contributed by atoms with Crippen LogP contribution in [-0.2, 0) is 6.54 Å².